The van der Waals surface area contributed by atoms with E-state index in [1.165, 1.54) is 0 Å². The van der Waals surface area contributed by atoms with Gasteiger partial charge >= 0.3 is 0 Å². The summed E-state index contributed by atoms with van der Waals surface area (Å²) < 4.78 is 24.7. The summed E-state index contributed by atoms with van der Waals surface area (Å²) >= 11 is 8.86. The molecule has 1 atom stereocenters. The largest absolute Gasteiger partial charge is 0.387 e. The van der Waals surface area contributed by atoms with Crippen LogP contribution >= 0.6 is 27.5 Å². The normalized spacial score (nSPS) is 13.3. The Kier molecular flexibility index (Phi) is 4.29. The zero-order valence-corrected chi connectivity index (χ0v) is 9.39. The first-order chi connectivity index (χ1) is 6.50. The van der Waals surface area contributed by atoms with E-state index < -0.39 is 12.5 Å². The lowest BCUT2D eigenvalue weighted by atomic mass is 10.1. The Bertz CT molecular complexity index is 320. The SMILES string of the molecule is OC(Cc1ccc(Cl)cc1Br)C(F)F. The second-order valence-electron chi connectivity index (χ2n) is 2.84. The van der Waals surface area contributed by atoms with Crippen molar-refractivity contribution in [1.82, 2.24) is 0 Å². The van der Waals surface area contributed by atoms with E-state index in [4.69, 9.17) is 16.7 Å². The summed E-state index contributed by atoms with van der Waals surface area (Å²) in [6.07, 6.45) is -4.44. The van der Waals surface area contributed by atoms with Gasteiger partial charge in [0, 0.05) is 15.9 Å². The van der Waals surface area contributed by atoms with Crippen LogP contribution in [0.4, 0.5) is 8.78 Å². The fraction of sp³-hybridized carbons (Fsp3) is 0.333. The average molecular weight is 286 g/mol. The summed E-state index contributed by atoms with van der Waals surface area (Å²) in [6, 6.07) is 4.81. The highest BCUT2D eigenvalue weighted by Crippen LogP contribution is 2.23. The van der Waals surface area contributed by atoms with Crippen molar-refractivity contribution in [1.29, 1.82) is 0 Å². The second-order valence-corrected chi connectivity index (χ2v) is 4.13. The predicted molar refractivity (Wildman–Crippen MR) is 54.9 cm³/mol. The molecule has 0 heterocycles. The highest BCUT2D eigenvalue weighted by atomic mass is 79.9. The molecule has 0 aromatic heterocycles. The minimum absolute atomic E-state index is 0.0879. The molecular weight excluding hydrogens is 277 g/mol. The first-order valence-electron chi connectivity index (χ1n) is 3.91. The van der Waals surface area contributed by atoms with Gasteiger partial charge in [-0.25, -0.2) is 8.78 Å². The first-order valence-corrected chi connectivity index (χ1v) is 5.08. The van der Waals surface area contributed by atoms with Crippen LogP contribution in [0.1, 0.15) is 5.56 Å². The minimum atomic E-state index is -2.72. The van der Waals surface area contributed by atoms with Gasteiger partial charge < -0.3 is 5.11 Å². The molecule has 1 aromatic rings. The molecular formula is C9H8BrClF2O. The number of benzene rings is 1. The van der Waals surface area contributed by atoms with Gasteiger partial charge in [-0.15, -0.1) is 0 Å². The van der Waals surface area contributed by atoms with E-state index in [9.17, 15) is 8.78 Å². The maximum Gasteiger partial charge on any atom is 0.264 e. The molecule has 0 saturated heterocycles. The fourth-order valence-corrected chi connectivity index (χ4v) is 1.85. The van der Waals surface area contributed by atoms with Crippen LogP contribution in [0, 0.1) is 0 Å². The summed E-state index contributed by atoms with van der Waals surface area (Å²) in [5.41, 5.74) is 0.613. The molecule has 1 aromatic carbocycles. The van der Waals surface area contributed by atoms with E-state index in [2.05, 4.69) is 15.9 Å². The van der Waals surface area contributed by atoms with Crippen molar-refractivity contribution in [3.8, 4) is 0 Å². The van der Waals surface area contributed by atoms with Crippen molar-refractivity contribution in [3.05, 3.63) is 33.3 Å². The van der Waals surface area contributed by atoms with Gasteiger partial charge in [-0.3, -0.25) is 0 Å². The van der Waals surface area contributed by atoms with Crippen LogP contribution < -0.4 is 0 Å². The van der Waals surface area contributed by atoms with Crippen LogP contribution in [0.3, 0.4) is 0 Å². The molecule has 5 heteroatoms. The Morgan fingerprint density at radius 2 is 2.07 bits per heavy atom. The third-order valence-electron chi connectivity index (χ3n) is 1.74. The quantitative estimate of drug-likeness (QED) is 0.904. The Morgan fingerprint density at radius 3 is 2.57 bits per heavy atom. The molecule has 0 radical (unpaired) electrons. The Morgan fingerprint density at radius 1 is 1.43 bits per heavy atom. The molecule has 0 aliphatic heterocycles. The molecule has 0 amide bonds. The van der Waals surface area contributed by atoms with Crippen LogP contribution in [-0.4, -0.2) is 17.6 Å². The van der Waals surface area contributed by atoms with Crippen molar-refractivity contribution in [2.45, 2.75) is 19.0 Å². The summed E-state index contributed by atoms with van der Waals surface area (Å²) in [6.45, 7) is 0. The molecule has 1 nitrogen and oxygen atoms in total. The number of alkyl halides is 2. The van der Waals surface area contributed by atoms with Gasteiger partial charge in [0.1, 0.15) is 6.10 Å². The highest BCUT2D eigenvalue weighted by molar-refractivity contribution is 9.10. The van der Waals surface area contributed by atoms with Gasteiger partial charge in [-0.05, 0) is 17.7 Å². The van der Waals surface area contributed by atoms with Crippen LogP contribution in [0.15, 0.2) is 22.7 Å². The lowest BCUT2D eigenvalue weighted by Gasteiger charge is -2.10. The summed E-state index contributed by atoms with van der Waals surface area (Å²) in [5.74, 6) is 0. The molecule has 0 aliphatic carbocycles. The Hall–Kier alpha value is -0.190. The Balaban J connectivity index is 2.77. The maximum atomic E-state index is 12.0. The smallest absolute Gasteiger partial charge is 0.264 e. The van der Waals surface area contributed by atoms with E-state index in [0.29, 0.717) is 15.1 Å². The van der Waals surface area contributed by atoms with Gasteiger partial charge in [0.05, 0.1) is 0 Å². The van der Waals surface area contributed by atoms with Crippen LogP contribution in [-0.2, 0) is 6.42 Å². The summed E-state index contributed by atoms with van der Waals surface area (Å²) in [4.78, 5) is 0. The van der Waals surface area contributed by atoms with Crippen molar-refractivity contribution in [3.63, 3.8) is 0 Å². The Labute approximate surface area is 93.8 Å². The molecule has 1 N–H and O–H groups in total. The first kappa shape index (κ1) is 11.9. The van der Waals surface area contributed by atoms with Gasteiger partial charge in [-0.1, -0.05) is 33.6 Å². The third kappa shape index (κ3) is 3.19. The molecule has 0 aliphatic rings. The lowest BCUT2D eigenvalue weighted by molar-refractivity contribution is -0.00373. The number of aliphatic hydroxyl groups is 1. The van der Waals surface area contributed by atoms with Crippen molar-refractivity contribution < 1.29 is 13.9 Å². The minimum Gasteiger partial charge on any atom is -0.387 e. The van der Waals surface area contributed by atoms with Gasteiger partial charge in [0.15, 0.2) is 0 Å². The van der Waals surface area contributed by atoms with Gasteiger partial charge in [-0.2, -0.15) is 0 Å². The zero-order valence-electron chi connectivity index (χ0n) is 7.05. The molecule has 14 heavy (non-hydrogen) atoms. The fourth-order valence-electron chi connectivity index (χ4n) is 1.00. The highest BCUT2D eigenvalue weighted by Gasteiger charge is 2.18. The van der Waals surface area contributed by atoms with E-state index in [-0.39, 0.29) is 6.42 Å². The summed E-state index contributed by atoms with van der Waals surface area (Å²) in [5, 5.41) is 9.49. The molecule has 1 rings (SSSR count). The van der Waals surface area contributed by atoms with E-state index >= 15 is 0 Å². The third-order valence-corrected chi connectivity index (χ3v) is 2.71. The number of hydrogen-bond acceptors (Lipinski definition) is 1. The van der Waals surface area contributed by atoms with Crippen molar-refractivity contribution in [2.24, 2.45) is 0 Å². The predicted octanol–water partition coefficient (Wildman–Crippen LogP) is 3.27. The van der Waals surface area contributed by atoms with E-state index in [1.54, 1.807) is 18.2 Å². The van der Waals surface area contributed by atoms with Crippen LogP contribution in [0.25, 0.3) is 0 Å². The number of rotatable bonds is 3. The second kappa shape index (κ2) is 5.05. The standard InChI is InChI=1S/C9H8BrClF2O/c10-7-4-6(11)2-1-5(7)3-8(14)9(12)13/h1-2,4,8-9,14H,3H2. The van der Waals surface area contributed by atoms with E-state index in [1.807, 2.05) is 0 Å². The van der Waals surface area contributed by atoms with Gasteiger partial charge in [0.25, 0.3) is 6.43 Å². The number of aliphatic hydroxyl groups excluding tert-OH is 1. The monoisotopic (exact) mass is 284 g/mol. The molecule has 1 unspecified atom stereocenters. The molecule has 0 spiro atoms. The van der Waals surface area contributed by atoms with Crippen molar-refractivity contribution >= 4 is 27.5 Å². The van der Waals surface area contributed by atoms with E-state index in [0.717, 1.165) is 0 Å². The van der Waals surface area contributed by atoms with Crippen LogP contribution in [0.2, 0.25) is 5.02 Å². The molecule has 0 bridgehead atoms. The lowest BCUT2D eigenvalue weighted by Crippen LogP contribution is -2.20. The zero-order chi connectivity index (χ0) is 10.7. The number of hydrogen-bond donors (Lipinski definition) is 1. The van der Waals surface area contributed by atoms with Crippen molar-refractivity contribution in [2.75, 3.05) is 0 Å². The van der Waals surface area contributed by atoms with Gasteiger partial charge in [0.2, 0.25) is 0 Å². The molecule has 0 saturated carbocycles. The topological polar surface area (TPSA) is 20.2 Å². The molecule has 0 fully saturated rings. The maximum absolute atomic E-state index is 12.0. The average Bonchev–Trinajstić information content (AvgIpc) is 2.09. The summed E-state index contributed by atoms with van der Waals surface area (Å²) in [7, 11) is 0. The molecule has 78 valence electrons. The van der Waals surface area contributed by atoms with Crippen LogP contribution in [0.5, 0.6) is 0 Å². The number of halogens is 4.